The van der Waals surface area contributed by atoms with E-state index in [1.807, 2.05) is 18.2 Å². The average Bonchev–Trinajstić information content (AvgIpc) is 2.38. The van der Waals surface area contributed by atoms with Crippen LogP contribution in [-0.2, 0) is 6.42 Å². The Balaban J connectivity index is 2.64. The zero-order valence-electron chi connectivity index (χ0n) is 10.4. The number of nitrogens with one attached hydrogen (secondary N) is 1. The third kappa shape index (κ3) is 2.20. The van der Waals surface area contributed by atoms with Gasteiger partial charge in [0, 0.05) is 17.3 Å². The van der Waals surface area contributed by atoms with Crippen LogP contribution in [-0.4, -0.2) is 17.1 Å². The lowest BCUT2D eigenvalue weighted by Gasteiger charge is -2.11. The quantitative estimate of drug-likeness (QED) is 0.860. The molecule has 0 spiro atoms. The van der Waals surface area contributed by atoms with Gasteiger partial charge in [-0.3, -0.25) is 4.98 Å². The van der Waals surface area contributed by atoms with Gasteiger partial charge >= 0.3 is 5.69 Å². The molecule has 0 saturated heterocycles. The first-order chi connectivity index (χ1) is 8.65. The van der Waals surface area contributed by atoms with Gasteiger partial charge in [0.1, 0.15) is 11.6 Å². The van der Waals surface area contributed by atoms with Gasteiger partial charge in [-0.05, 0) is 24.1 Å². The molecule has 0 aliphatic carbocycles. The molecule has 0 amide bonds. The fourth-order valence-corrected chi connectivity index (χ4v) is 1.81. The molecule has 2 aromatic rings. The number of nitrogens with zero attached hydrogens (tertiary/aromatic N) is 1. The maximum absolute atomic E-state index is 11.1. The molecule has 94 valence electrons. The van der Waals surface area contributed by atoms with Gasteiger partial charge in [-0.1, -0.05) is 13.0 Å². The van der Waals surface area contributed by atoms with Crippen molar-refractivity contribution in [3.8, 4) is 16.9 Å². The van der Waals surface area contributed by atoms with Crippen LogP contribution in [0.4, 0.5) is 5.82 Å². The molecule has 0 fully saturated rings. The number of aromatic amines is 1. The number of hydrogen-bond acceptors (Lipinski definition) is 4. The van der Waals surface area contributed by atoms with Gasteiger partial charge in [-0.15, -0.1) is 0 Å². The van der Waals surface area contributed by atoms with Crippen molar-refractivity contribution in [3.63, 3.8) is 0 Å². The van der Waals surface area contributed by atoms with Crippen molar-refractivity contribution in [1.29, 1.82) is 0 Å². The van der Waals surface area contributed by atoms with E-state index >= 15 is 0 Å². The van der Waals surface area contributed by atoms with E-state index in [1.54, 1.807) is 7.11 Å². The second-order valence-electron chi connectivity index (χ2n) is 3.90. The lowest BCUT2D eigenvalue weighted by Crippen LogP contribution is -2.12. The van der Waals surface area contributed by atoms with Crippen molar-refractivity contribution in [2.24, 2.45) is 0 Å². The highest BCUT2D eigenvalue weighted by Gasteiger charge is 2.10. The number of anilines is 1. The van der Waals surface area contributed by atoms with E-state index in [-0.39, 0.29) is 0 Å². The molecule has 1 aromatic carbocycles. The minimum Gasteiger partial charge on any atom is -0.496 e. The molecule has 1 heterocycles. The van der Waals surface area contributed by atoms with Gasteiger partial charge in [0.05, 0.1) is 7.11 Å². The average molecular weight is 245 g/mol. The predicted molar refractivity (Wildman–Crippen MR) is 70.6 cm³/mol. The summed E-state index contributed by atoms with van der Waals surface area (Å²) in [6.45, 7) is 2.07. The van der Waals surface area contributed by atoms with Gasteiger partial charge in [0.2, 0.25) is 0 Å². The number of benzene rings is 1. The molecule has 0 radical (unpaired) electrons. The zero-order valence-corrected chi connectivity index (χ0v) is 10.4. The van der Waals surface area contributed by atoms with Crippen LogP contribution in [0, 0.1) is 0 Å². The van der Waals surface area contributed by atoms with Crippen LogP contribution in [0.3, 0.4) is 0 Å². The van der Waals surface area contributed by atoms with Gasteiger partial charge in [0.25, 0.3) is 0 Å². The summed E-state index contributed by atoms with van der Waals surface area (Å²) < 4.78 is 5.31. The lowest BCUT2D eigenvalue weighted by molar-refractivity contribution is 0.416. The Morgan fingerprint density at radius 1 is 1.39 bits per heavy atom. The van der Waals surface area contributed by atoms with Crippen LogP contribution in [0.1, 0.15) is 12.5 Å². The number of methoxy groups -OCH3 is 1. The molecule has 0 aliphatic rings. The SMILES string of the molecule is CCc1ccc(OC)c(-c2cnc(=O)[nH]c2N)c1. The number of rotatable bonds is 3. The summed E-state index contributed by atoms with van der Waals surface area (Å²) in [5, 5.41) is 0. The fourth-order valence-electron chi connectivity index (χ4n) is 1.81. The predicted octanol–water partition coefficient (Wildman–Crippen LogP) is 1.59. The Hall–Kier alpha value is -2.30. The monoisotopic (exact) mass is 245 g/mol. The molecule has 0 bridgehead atoms. The molecule has 1 aromatic heterocycles. The summed E-state index contributed by atoms with van der Waals surface area (Å²) in [6, 6.07) is 5.88. The zero-order chi connectivity index (χ0) is 13.1. The molecular formula is C13H15N3O2. The Morgan fingerprint density at radius 3 is 2.78 bits per heavy atom. The van der Waals surface area contributed by atoms with E-state index in [4.69, 9.17) is 10.5 Å². The summed E-state index contributed by atoms with van der Waals surface area (Å²) in [5.74, 6) is 0.995. The highest BCUT2D eigenvalue weighted by Crippen LogP contribution is 2.32. The smallest absolute Gasteiger partial charge is 0.346 e. The van der Waals surface area contributed by atoms with Gasteiger partial charge in [0.15, 0.2) is 0 Å². The van der Waals surface area contributed by atoms with Crippen LogP contribution in [0.15, 0.2) is 29.2 Å². The van der Waals surface area contributed by atoms with E-state index in [2.05, 4.69) is 16.9 Å². The number of nitrogens with two attached hydrogens (primary N) is 1. The number of aryl methyl sites for hydroxylation is 1. The van der Waals surface area contributed by atoms with E-state index in [9.17, 15) is 4.79 Å². The summed E-state index contributed by atoms with van der Waals surface area (Å²) in [4.78, 5) is 17.3. The third-order valence-corrected chi connectivity index (χ3v) is 2.80. The highest BCUT2D eigenvalue weighted by molar-refractivity contribution is 5.78. The minimum absolute atomic E-state index is 0.293. The molecule has 0 aliphatic heterocycles. The number of nitrogen functional groups attached to an aromatic ring is 1. The molecule has 18 heavy (non-hydrogen) atoms. The lowest BCUT2D eigenvalue weighted by atomic mass is 10.0. The number of H-pyrrole nitrogens is 1. The van der Waals surface area contributed by atoms with Gasteiger partial charge in [-0.2, -0.15) is 0 Å². The summed E-state index contributed by atoms with van der Waals surface area (Å²) in [7, 11) is 1.60. The van der Waals surface area contributed by atoms with Crippen LogP contribution in [0.5, 0.6) is 5.75 Å². The van der Waals surface area contributed by atoms with Crippen LogP contribution >= 0.6 is 0 Å². The topological polar surface area (TPSA) is 81.0 Å². The number of ether oxygens (including phenoxy) is 1. The Bertz CT molecular complexity index is 620. The van der Waals surface area contributed by atoms with E-state index in [0.717, 1.165) is 17.5 Å². The summed E-state index contributed by atoms with van der Waals surface area (Å²) in [6.07, 6.45) is 2.37. The van der Waals surface area contributed by atoms with Crippen molar-refractivity contribution < 1.29 is 4.74 Å². The Kier molecular flexibility index (Phi) is 3.32. The van der Waals surface area contributed by atoms with E-state index in [0.29, 0.717) is 17.1 Å². The Morgan fingerprint density at radius 2 is 2.17 bits per heavy atom. The van der Waals surface area contributed by atoms with Crippen LogP contribution in [0.25, 0.3) is 11.1 Å². The van der Waals surface area contributed by atoms with Crippen molar-refractivity contribution in [3.05, 3.63) is 40.4 Å². The number of hydrogen-bond donors (Lipinski definition) is 2. The summed E-state index contributed by atoms with van der Waals surface area (Å²) >= 11 is 0. The summed E-state index contributed by atoms with van der Waals surface area (Å²) in [5.41, 5.74) is 8.02. The maximum Gasteiger partial charge on any atom is 0.346 e. The van der Waals surface area contributed by atoms with E-state index in [1.165, 1.54) is 6.20 Å². The second-order valence-corrected chi connectivity index (χ2v) is 3.90. The van der Waals surface area contributed by atoms with Crippen molar-refractivity contribution >= 4 is 5.82 Å². The fraction of sp³-hybridized carbons (Fsp3) is 0.231. The molecular weight excluding hydrogens is 230 g/mol. The van der Waals surface area contributed by atoms with Gasteiger partial charge in [-0.25, -0.2) is 9.78 Å². The van der Waals surface area contributed by atoms with Gasteiger partial charge < -0.3 is 10.5 Å². The normalized spacial score (nSPS) is 10.3. The number of aromatic nitrogens is 2. The van der Waals surface area contributed by atoms with Crippen molar-refractivity contribution in [2.75, 3.05) is 12.8 Å². The first-order valence-corrected chi connectivity index (χ1v) is 5.67. The van der Waals surface area contributed by atoms with E-state index < -0.39 is 5.69 Å². The van der Waals surface area contributed by atoms with Crippen LogP contribution in [0.2, 0.25) is 0 Å². The maximum atomic E-state index is 11.1. The molecule has 0 atom stereocenters. The molecule has 0 unspecified atom stereocenters. The molecule has 5 heteroatoms. The molecule has 5 nitrogen and oxygen atoms in total. The second kappa shape index (κ2) is 4.91. The molecule has 0 saturated carbocycles. The van der Waals surface area contributed by atoms with Crippen LogP contribution < -0.4 is 16.2 Å². The first kappa shape index (κ1) is 12.2. The Labute approximate surface area is 105 Å². The third-order valence-electron chi connectivity index (χ3n) is 2.80. The highest BCUT2D eigenvalue weighted by atomic mass is 16.5. The van der Waals surface area contributed by atoms with Crippen molar-refractivity contribution in [1.82, 2.24) is 9.97 Å². The molecule has 2 rings (SSSR count). The minimum atomic E-state index is -0.457. The molecule has 3 N–H and O–H groups in total. The first-order valence-electron chi connectivity index (χ1n) is 5.67. The standard InChI is InChI=1S/C13H15N3O2/c1-3-8-4-5-11(18-2)9(6-8)10-7-15-13(17)16-12(10)14/h4-7H,3H2,1-2H3,(H3,14,15,16,17). The largest absolute Gasteiger partial charge is 0.496 e. The van der Waals surface area contributed by atoms with Crippen molar-refractivity contribution in [2.45, 2.75) is 13.3 Å².